The van der Waals surface area contributed by atoms with E-state index in [1.165, 1.54) is 24.3 Å². The Morgan fingerprint density at radius 1 is 1.13 bits per heavy atom. The molecule has 0 aliphatic carbocycles. The van der Waals surface area contributed by atoms with E-state index in [1.54, 1.807) is 24.1 Å². The Balaban J connectivity index is 1.45. The average Bonchev–Trinajstić information content (AvgIpc) is 2.74. The lowest BCUT2D eigenvalue weighted by atomic mass is 9.97. The summed E-state index contributed by atoms with van der Waals surface area (Å²) in [5.74, 6) is 0.165. The number of halogens is 1. The number of anilines is 1. The van der Waals surface area contributed by atoms with Crippen molar-refractivity contribution in [2.75, 3.05) is 32.1 Å². The lowest BCUT2D eigenvalue weighted by Gasteiger charge is -2.32. The predicted octanol–water partition coefficient (Wildman–Crippen LogP) is 3.20. The molecule has 0 aromatic heterocycles. The van der Waals surface area contributed by atoms with Crippen molar-refractivity contribution in [3.05, 3.63) is 59.9 Å². The molecule has 1 fully saturated rings. The maximum absolute atomic E-state index is 13.0. The number of piperidine rings is 1. The lowest BCUT2D eigenvalue weighted by molar-refractivity contribution is 0.183. The minimum absolute atomic E-state index is 0.156. The highest BCUT2D eigenvalue weighted by atomic mass is 32.2. The van der Waals surface area contributed by atoms with Gasteiger partial charge in [-0.05, 0) is 48.6 Å². The van der Waals surface area contributed by atoms with Gasteiger partial charge in [-0.25, -0.2) is 22.3 Å². The summed E-state index contributed by atoms with van der Waals surface area (Å²) >= 11 is 0. The quantitative estimate of drug-likeness (QED) is 0.699. The van der Waals surface area contributed by atoms with Crippen molar-refractivity contribution in [2.45, 2.75) is 18.6 Å². The lowest BCUT2D eigenvalue weighted by Crippen LogP contribution is -2.43. The number of benzene rings is 2. The number of para-hydroxylation sites is 2. The number of sulfonamides is 1. The van der Waals surface area contributed by atoms with Crippen LogP contribution in [0.1, 0.15) is 18.4 Å². The molecule has 1 aliphatic heterocycles. The van der Waals surface area contributed by atoms with Crippen molar-refractivity contribution >= 4 is 21.7 Å². The zero-order valence-electron chi connectivity index (χ0n) is 16.8. The minimum atomic E-state index is -3.50. The van der Waals surface area contributed by atoms with Gasteiger partial charge in [0.1, 0.15) is 11.6 Å². The molecule has 1 saturated heterocycles. The number of carbonyl (C=O) groups is 1. The highest BCUT2D eigenvalue weighted by molar-refractivity contribution is 7.88. The highest BCUT2D eigenvalue weighted by Crippen LogP contribution is 2.24. The molecule has 0 bridgehead atoms. The Kier molecular flexibility index (Phi) is 7.28. The van der Waals surface area contributed by atoms with Gasteiger partial charge >= 0.3 is 6.03 Å². The van der Waals surface area contributed by atoms with E-state index in [4.69, 9.17) is 4.74 Å². The summed E-state index contributed by atoms with van der Waals surface area (Å²) in [5, 5.41) is 2.86. The van der Waals surface area contributed by atoms with Crippen molar-refractivity contribution in [2.24, 2.45) is 5.92 Å². The van der Waals surface area contributed by atoms with Crippen molar-refractivity contribution in [3.63, 3.8) is 0 Å². The van der Waals surface area contributed by atoms with Gasteiger partial charge in [-0.3, -0.25) is 0 Å². The first-order valence-electron chi connectivity index (χ1n) is 9.77. The monoisotopic (exact) mass is 435 g/mol. The molecule has 1 heterocycles. The smallest absolute Gasteiger partial charge is 0.321 e. The molecule has 3 rings (SSSR count). The van der Waals surface area contributed by atoms with Gasteiger partial charge < -0.3 is 15.0 Å². The first kappa shape index (κ1) is 22.0. The van der Waals surface area contributed by atoms with Gasteiger partial charge in [0.25, 0.3) is 0 Å². The summed E-state index contributed by atoms with van der Waals surface area (Å²) in [5.41, 5.74) is 1.15. The van der Waals surface area contributed by atoms with E-state index in [0.717, 1.165) is 0 Å². The predicted molar refractivity (Wildman–Crippen MR) is 113 cm³/mol. The molecule has 2 aromatic rings. The van der Waals surface area contributed by atoms with E-state index in [0.29, 0.717) is 49.5 Å². The van der Waals surface area contributed by atoms with Gasteiger partial charge in [0.2, 0.25) is 10.0 Å². The van der Waals surface area contributed by atoms with Crippen LogP contribution in [0.5, 0.6) is 5.75 Å². The fourth-order valence-corrected chi connectivity index (χ4v) is 4.60. The van der Waals surface area contributed by atoms with E-state index >= 15 is 0 Å². The fraction of sp³-hybridized carbons (Fsp3) is 0.381. The molecule has 0 radical (unpaired) electrons. The van der Waals surface area contributed by atoms with Crippen LogP contribution in [-0.4, -0.2) is 46.1 Å². The van der Waals surface area contributed by atoms with E-state index in [1.807, 2.05) is 12.1 Å². The first-order valence-corrected chi connectivity index (χ1v) is 11.4. The highest BCUT2D eigenvalue weighted by Gasteiger charge is 2.24. The number of rotatable bonds is 7. The van der Waals surface area contributed by atoms with Crippen molar-refractivity contribution < 1.29 is 22.3 Å². The molecule has 1 aliphatic rings. The molecular formula is C21H26FN3O4S. The summed E-state index contributed by atoms with van der Waals surface area (Å²) < 4.78 is 45.4. The Bertz CT molecular complexity index is 958. The summed E-state index contributed by atoms with van der Waals surface area (Å²) in [6.45, 7) is 1.42. The number of hydrogen-bond acceptors (Lipinski definition) is 4. The largest absolute Gasteiger partial charge is 0.495 e. The number of ether oxygens (including phenoxy) is 1. The number of hydrogen-bond donors (Lipinski definition) is 2. The van der Waals surface area contributed by atoms with Crippen LogP contribution >= 0.6 is 0 Å². The molecule has 0 unspecified atom stereocenters. The molecule has 30 heavy (non-hydrogen) atoms. The number of nitrogens with zero attached hydrogens (tertiary/aromatic N) is 1. The minimum Gasteiger partial charge on any atom is -0.495 e. The molecule has 0 saturated carbocycles. The van der Waals surface area contributed by atoms with Gasteiger partial charge in [0.05, 0.1) is 18.6 Å². The van der Waals surface area contributed by atoms with Gasteiger partial charge in [0.15, 0.2) is 0 Å². The van der Waals surface area contributed by atoms with E-state index in [2.05, 4.69) is 10.0 Å². The second-order valence-electron chi connectivity index (χ2n) is 7.29. The number of likely N-dealkylation sites (tertiary alicyclic amines) is 1. The van der Waals surface area contributed by atoms with E-state index < -0.39 is 15.8 Å². The maximum atomic E-state index is 13.0. The molecule has 9 heteroatoms. The van der Waals surface area contributed by atoms with Crippen LogP contribution in [0.2, 0.25) is 0 Å². The van der Waals surface area contributed by atoms with E-state index in [9.17, 15) is 17.6 Å². The summed E-state index contributed by atoms with van der Waals surface area (Å²) in [6.07, 6.45) is 1.41. The SMILES string of the molecule is COc1ccccc1NC(=O)N1CCC(CNS(=O)(=O)Cc2ccc(F)cc2)CC1. The fourth-order valence-electron chi connectivity index (χ4n) is 3.38. The Morgan fingerprint density at radius 2 is 1.80 bits per heavy atom. The molecule has 2 aromatic carbocycles. The zero-order chi connectivity index (χ0) is 21.6. The van der Waals surface area contributed by atoms with Gasteiger partial charge in [-0.2, -0.15) is 0 Å². The van der Waals surface area contributed by atoms with Crippen molar-refractivity contribution in [3.8, 4) is 5.75 Å². The topological polar surface area (TPSA) is 87.7 Å². The number of urea groups is 1. The Labute approximate surface area is 176 Å². The van der Waals surface area contributed by atoms with Crippen LogP contribution < -0.4 is 14.8 Å². The first-order chi connectivity index (χ1) is 14.4. The third-order valence-corrected chi connectivity index (χ3v) is 6.43. The third kappa shape index (κ3) is 6.17. The summed E-state index contributed by atoms with van der Waals surface area (Å²) in [7, 11) is -1.96. The third-order valence-electron chi connectivity index (χ3n) is 5.11. The second kappa shape index (κ2) is 9.90. The molecule has 0 atom stereocenters. The van der Waals surface area contributed by atoms with Crippen LogP contribution in [0, 0.1) is 11.7 Å². The number of amides is 2. The number of nitrogens with one attached hydrogen (secondary N) is 2. The average molecular weight is 436 g/mol. The summed E-state index contributed by atoms with van der Waals surface area (Å²) in [6, 6.07) is 12.4. The molecule has 2 N–H and O–H groups in total. The Hall–Kier alpha value is -2.65. The van der Waals surface area contributed by atoms with E-state index in [-0.39, 0.29) is 17.7 Å². The van der Waals surface area contributed by atoms with Gasteiger partial charge in [0, 0.05) is 19.6 Å². The molecule has 2 amide bonds. The standard InChI is InChI=1S/C21H26FN3O4S/c1-29-20-5-3-2-4-19(20)24-21(26)25-12-10-16(11-13-25)14-23-30(27,28)15-17-6-8-18(22)9-7-17/h2-9,16,23H,10-15H2,1H3,(H,24,26). The number of carbonyl (C=O) groups excluding carboxylic acids is 1. The molecule has 162 valence electrons. The second-order valence-corrected chi connectivity index (χ2v) is 9.10. The zero-order valence-corrected chi connectivity index (χ0v) is 17.6. The van der Waals surface area contributed by atoms with Crippen molar-refractivity contribution in [1.29, 1.82) is 0 Å². The maximum Gasteiger partial charge on any atom is 0.321 e. The number of methoxy groups -OCH3 is 1. The van der Waals surface area contributed by atoms with Gasteiger partial charge in [-0.15, -0.1) is 0 Å². The van der Waals surface area contributed by atoms with Crippen LogP contribution in [0.4, 0.5) is 14.9 Å². The van der Waals surface area contributed by atoms with Gasteiger partial charge in [-0.1, -0.05) is 24.3 Å². The normalized spacial score (nSPS) is 15.1. The summed E-state index contributed by atoms with van der Waals surface area (Å²) in [4.78, 5) is 14.2. The molecular weight excluding hydrogens is 409 g/mol. The van der Waals surface area contributed by atoms with Crippen LogP contribution in [0.15, 0.2) is 48.5 Å². The van der Waals surface area contributed by atoms with Crippen LogP contribution in [0.25, 0.3) is 0 Å². The molecule has 0 spiro atoms. The Morgan fingerprint density at radius 3 is 2.47 bits per heavy atom. The molecule has 7 nitrogen and oxygen atoms in total. The van der Waals surface area contributed by atoms with Crippen LogP contribution in [-0.2, 0) is 15.8 Å². The van der Waals surface area contributed by atoms with Crippen molar-refractivity contribution in [1.82, 2.24) is 9.62 Å². The van der Waals surface area contributed by atoms with Crippen LogP contribution in [0.3, 0.4) is 0 Å².